The summed E-state index contributed by atoms with van der Waals surface area (Å²) < 4.78 is 2.38. The monoisotopic (exact) mass is 309 g/mol. The van der Waals surface area contributed by atoms with Gasteiger partial charge in [0, 0.05) is 23.1 Å². The molecule has 1 nitrogen and oxygen atoms in total. The maximum atomic E-state index is 2.38. The highest BCUT2D eigenvalue weighted by Gasteiger charge is 2.06. The van der Waals surface area contributed by atoms with Crippen LogP contribution in [-0.2, 0) is 6.54 Å². The minimum atomic E-state index is 0.878. The largest absolute Gasteiger partial charge is 0.336 e. The van der Waals surface area contributed by atoms with Crippen molar-refractivity contribution in [2.75, 3.05) is 0 Å². The summed E-state index contributed by atoms with van der Waals surface area (Å²) in [4.78, 5) is 0. The van der Waals surface area contributed by atoms with Gasteiger partial charge in [-0.05, 0) is 29.3 Å². The van der Waals surface area contributed by atoms with Crippen LogP contribution in [-0.4, -0.2) is 4.57 Å². The van der Waals surface area contributed by atoms with E-state index in [0.717, 1.165) is 6.54 Å². The van der Waals surface area contributed by atoms with E-state index in [1.807, 2.05) is 6.07 Å². The molecule has 0 unspecified atom stereocenters. The van der Waals surface area contributed by atoms with Crippen molar-refractivity contribution in [3.63, 3.8) is 0 Å². The Morgan fingerprint density at radius 2 is 1.33 bits per heavy atom. The Hall–Kier alpha value is -3.06. The van der Waals surface area contributed by atoms with Gasteiger partial charge in [-0.15, -0.1) is 0 Å². The first kappa shape index (κ1) is 14.5. The number of benzene rings is 3. The van der Waals surface area contributed by atoms with Crippen molar-refractivity contribution in [3.8, 4) is 0 Å². The van der Waals surface area contributed by atoms with Crippen LogP contribution in [0.5, 0.6) is 0 Å². The first-order valence-electron chi connectivity index (χ1n) is 8.25. The molecule has 3 aromatic carbocycles. The number of rotatable bonds is 4. The predicted molar refractivity (Wildman–Crippen MR) is 103 cm³/mol. The van der Waals surface area contributed by atoms with Gasteiger partial charge in [0.25, 0.3) is 0 Å². The molecular formula is C23H19N. The van der Waals surface area contributed by atoms with Crippen LogP contribution in [0.2, 0.25) is 0 Å². The van der Waals surface area contributed by atoms with Gasteiger partial charge in [0.15, 0.2) is 0 Å². The lowest BCUT2D eigenvalue weighted by Gasteiger charge is -2.09. The number of nitrogens with zero attached hydrogens (tertiary/aromatic N) is 1. The minimum Gasteiger partial charge on any atom is -0.336 e. The van der Waals surface area contributed by atoms with E-state index in [1.165, 1.54) is 27.7 Å². The second-order valence-electron chi connectivity index (χ2n) is 5.94. The lowest BCUT2D eigenvalue weighted by molar-refractivity contribution is 0.828. The number of para-hydroxylation sites is 1. The maximum Gasteiger partial charge on any atom is 0.0488 e. The maximum absolute atomic E-state index is 2.38. The quantitative estimate of drug-likeness (QED) is 0.445. The van der Waals surface area contributed by atoms with Crippen molar-refractivity contribution >= 4 is 23.1 Å². The van der Waals surface area contributed by atoms with Gasteiger partial charge in [-0.3, -0.25) is 0 Å². The fraction of sp³-hybridized carbons (Fsp3) is 0.0435. The zero-order valence-corrected chi connectivity index (χ0v) is 13.5. The van der Waals surface area contributed by atoms with E-state index >= 15 is 0 Å². The average molecular weight is 309 g/mol. The standard InChI is InChI=1S/C23H19N/c1-3-9-19(10-4-1)15-16-22-17-21-13-7-8-14-23(21)24(22)18-20-11-5-2-6-12-20/h1-17H,18H2/b16-15+. The highest BCUT2D eigenvalue weighted by atomic mass is 15.0. The van der Waals surface area contributed by atoms with Gasteiger partial charge >= 0.3 is 0 Å². The van der Waals surface area contributed by atoms with Gasteiger partial charge in [-0.1, -0.05) is 84.9 Å². The summed E-state index contributed by atoms with van der Waals surface area (Å²) in [6, 6.07) is 31.9. The van der Waals surface area contributed by atoms with Crippen LogP contribution in [0.25, 0.3) is 23.1 Å². The van der Waals surface area contributed by atoms with Gasteiger partial charge in [0.05, 0.1) is 0 Å². The lowest BCUT2D eigenvalue weighted by Crippen LogP contribution is -2.01. The van der Waals surface area contributed by atoms with Gasteiger partial charge < -0.3 is 4.57 Å². The summed E-state index contributed by atoms with van der Waals surface area (Å²) in [5, 5.41) is 1.28. The Morgan fingerprint density at radius 3 is 2.12 bits per heavy atom. The highest BCUT2D eigenvalue weighted by molar-refractivity contribution is 5.85. The van der Waals surface area contributed by atoms with Crippen molar-refractivity contribution in [2.24, 2.45) is 0 Å². The molecule has 1 heteroatoms. The molecule has 0 spiro atoms. The molecule has 1 heterocycles. The Labute approximate surface area is 142 Å². The average Bonchev–Trinajstić information content (AvgIpc) is 2.99. The molecule has 0 fully saturated rings. The second kappa shape index (κ2) is 6.59. The van der Waals surface area contributed by atoms with Gasteiger partial charge in [-0.2, -0.15) is 0 Å². The summed E-state index contributed by atoms with van der Waals surface area (Å²) in [6.45, 7) is 0.878. The SMILES string of the molecule is C(=C\c1cc2ccccc2n1Cc1ccccc1)/c1ccccc1. The van der Waals surface area contributed by atoms with E-state index in [1.54, 1.807) is 0 Å². The molecule has 116 valence electrons. The summed E-state index contributed by atoms with van der Waals surface area (Å²) in [7, 11) is 0. The normalized spacial score (nSPS) is 11.3. The number of fused-ring (bicyclic) bond motifs is 1. The van der Waals surface area contributed by atoms with Crippen molar-refractivity contribution in [2.45, 2.75) is 6.54 Å². The number of aromatic nitrogens is 1. The van der Waals surface area contributed by atoms with Crippen LogP contribution in [0.1, 0.15) is 16.8 Å². The Morgan fingerprint density at radius 1 is 0.667 bits per heavy atom. The molecule has 0 saturated carbocycles. The Kier molecular flexibility index (Phi) is 3.99. The molecule has 0 aliphatic heterocycles. The van der Waals surface area contributed by atoms with Crippen LogP contribution in [0.15, 0.2) is 91.0 Å². The van der Waals surface area contributed by atoms with Crippen molar-refractivity contribution in [1.82, 2.24) is 4.57 Å². The first-order chi connectivity index (χ1) is 11.9. The fourth-order valence-corrected chi connectivity index (χ4v) is 3.06. The minimum absolute atomic E-state index is 0.878. The highest BCUT2D eigenvalue weighted by Crippen LogP contribution is 2.23. The third-order valence-electron chi connectivity index (χ3n) is 4.27. The van der Waals surface area contributed by atoms with Gasteiger partial charge in [0.2, 0.25) is 0 Å². The van der Waals surface area contributed by atoms with Crippen LogP contribution in [0.3, 0.4) is 0 Å². The van der Waals surface area contributed by atoms with Crippen molar-refractivity contribution < 1.29 is 0 Å². The van der Waals surface area contributed by atoms with Crippen LogP contribution in [0, 0.1) is 0 Å². The Bertz CT molecular complexity index is 963. The molecule has 4 aromatic rings. The fourth-order valence-electron chi connectivity index (χ4n) is 3.06. The molecule has 0 aliphatic rings. The summed E-state index contributed by atoms with van der Waals surface area (Å²) >= 11 is 0. The molecular weight excluding hydrogens is 290 g/mol. The van der Waals surface area contributed by atoms with Crippen molar-refractivity contribution in [1.29, 1.82) is 0 Å². The molecule has 0 N–H and O–H groups in total. The molecule has 0 atom stereocenters. The van der Waals surface area contributed by atoms with Crippen LogP contribution >= 0.6 is 0 Å². The lowest BCUT2D eigenvalue weighted by atomic mass is 10.2. The predicted octanol–water partition coefficient (Wildman–Crippen LogP) is 5.86. The number of hydrogen-bond donors (Lipinski definition) is 0. The van der Waals surface area contributed by atoms with E-state index in [0.29, 0.717) is 0 Å². The van der Waals surface area contributed by atoms with E-state index in [2.05, 4.69) is 102 Å². The molecule has 0 bridgehead atoms. The molecule has 0 aliphatic carbocycles. The zero-order chi connectivity index (χ0) is 16.2. The van der Waals surface area contributed by atoms with E-state index in [-0.39, 0.29) is 0 Å². The zero-order valence-electron chi connectivity index (χ0n) is 13.5. The molecule has 24 heavy (non-hydrogen) atoms. The van der Waals surface area contributed by atoms with Gasteiger partial charge in [-0.25, -0.2) is 0 Å². The topological polar surface area (TPSA) is 4.93 Å². The summed E-state index contributed by atoms with van der Waals surface area (Å²) in [5.41, 5.74) is 5.03. The molecule has 0 amide bonds. The molecule has 4 rings (SSSR count). The third kappa shape index (κ3) is 3.02. The van der Waals surface area contributed by atoms with Crippen LogP contribution < -0.4 is 0 Å². The second-order valence-corrected chi connectivity index (χ2v) is 5.94. The van der Waals surface area contributed by atoms with E-state index in [9.17, 15) is 0 Å². The molecule has 0 radical (unpaired) electrons. The van der Waals surface area contributed by atoms with Crippen molar-refractivity contribution in [3.05, 3.63) is 108 Å². The van der Waals surface area contributed by atoms with Gasteiger partial charge in [0.1, 0.15) is 0 Å². The van der Waals surface area contributed by atoms with Crippen LogP contribution in [0.4, 0.5) is 0 Å². The Balaban J connectivity index is 1.77. The molecule has 1 aromatic heterocycles. The number of hydrogen-bond acceptors (Lipinski definition) is 0. The first-order valence-corrected chi connectivity index (χ1v) is 8.25. The summed E-state index contributed by atoms with van der Waals surface area (Å²) in [6.07, 6.45) is 4.38. The van der Waals surface area contributed by atoms with E-state index < -0.39 is 0 Å². The smallest absolute Gasteiger partial charge is 0.0488 e. The van der Waals surface area contributed by atoms with E-state index in [4.69, 9.17) is 0 Å². The molecule has 0 saturated heterocycles. The third-order valence-corrected chi connectivity index (χ3v) is 4.27. The summed E-state index contributed by atoms with van der Waals surface area (Å²) in [5.74, 6) is 0.